The monoisotopic (exact) mass is 813 g/mol. The number of aliphatic carboxylic acids is 1. The smallest absolute Gasteiger partial charge is 0.346 e. The summed E-state index contributed by atoms with van der Waals surface area (Å²) < 4.78 is 0. The van der Waals surface area contributed by atoms with Gasteiger partial charge >= 0.3 is 5.97 Å². The number of aryl methyl sites for hydroxylation is 2. The number of hydrogen-bond acceptors (Lipinski definition) is 5. The van der Waals surface area contributed by atoms with Gasteiger partial charge in [0.25, 0.3) is 0 Å². The number of imidazole rings is 1. The van der Waals surface area contributed by atoms with E-state index in [-0.39, 0.29) is 5.57 Å². The van der Waals surface area contributed by atoms with Crippen LogP contribution in [0.25, 0.3) is 59.1 Å². The molecule has 0 amide bonds. The van der Waals surface area contributed by atoms with E-state index in [1.807, 2.05) is 12.1 Å². The van der Waals surface area contributed by atoms with Gasteiger partial charge in [-0.05, 0) is 77.9 Å². The quantitative estimate of drug-likeness (QED) is 0.0247. The highest BCUT2D eigenvalue weighted by atomic mass is 32.1. The van der Waals surface area contributed by atoms with Gasteiger partial charge in [-0.15, -0.1) is 22.7 Å². The third-order valence-electron chi connectivity index (χ3n) is 11.7. The van der Waals surface area contributed by atoms with Crippen LogP contribution in [0.1, 0.15) is 158 Å². The molecule has 0 saturated heterocycles. The van der Waals surface area contributed by atoms with E-state index in [0.29, 0.717) is 0 Å². The van der Waals surface area contributed by atoms with Gasteiger partial charge in [-0.1, -0.05) is 166 Å². The lowest BCUT2D eigenvalue weighted by Gasteiger charge is -2.11. The molecule has 5 nitrogen and oxygen atoms in total. The highest BCUT2D eigenvalue weighted by Crippen LogP contribution is 2.41. The van der Waals surface area contributed by atoms with E-state index >= 15 is 0 Å². The SMILES string of the molecule is CCCCCCCCCCCCc1ccc2c(c1)c1cc(CCCCCCCCCCCC)ccc1c1[nH]c(-c3ccc(-c4ccc(/C=C(/C#N)C(=O)O)s4)s3)nc21. The van der Waals surface area contributed by atoms with E-state index in [9.17, 15) is 15.2 Å². The molecule has 0 fully saturated rings. The fourth-order valence-electron chi connectivity index (χ4n) is 8.32. The Morgan fingerprint density at radius 2 is 1.10 bits per heavy atom. The molecule has 6 aromatic rings. The van der Waals surface area contributed by atoms with Crippen LogP contribution in [0.5, 0.6) is 0 Å². The summed E-state index contributed by atoms with van der Waals surface area (Å²) in [6, 6.07) is 24.1. The minimum atomic E-state index is -1.21. The molecule has 0 saturated carbocycles. The summed E-state index contributed by atoms with van der Waals surface area (Å²) in [4.78, 5) is 24.3. The summed E-state index contributed by atoms with van der Waals surface area (Å²) in [5, 5.41) is 23.6. The van der Waals surface area contributed by atoms with Gasteiger partial charge in [0.1, 0.15) is 17.5 Å². The predicted molar refractivity (Wildman–Crippen MR) is 250 cm³/mol. The third kappa shape index (κ3) is 11.9. The number of rotatable bonds is 26. The molecule has 7 heteroatoms. The fraction of sp³-hybridized carbons (Fsp3) is 0.471. The number of benzene rings is 3. The highest BCUT2D eigenvalue weighted by molar-refractivity contribution is 7.24. The molecule has 0 atom stereocenters. The van der Waals surface area contributed by atoms with Gasteiger partial charge in [0.05, 0.1) is 15.9 Å². The first-order valence-electron chi connectivity index (χ1n) is 22.4. The van der Waals surface area contributed by atoms with Crippen LogP contribution in [0.3, 0.4) is 0 Å². The van der Waals surface area contributed by atoms with E-state index in [4.69, 9.17) is 4.98 Å². The first-order chi connectivity index (χ1) is 28.5. The lowest BCUT2D eigenvalue weighted by atomic mass is 9.94. The van der Waals surface area contributed by atoms with Crippen molar-refractivity contribution in [3.63, 3.8) is 0 Å². The van der Waals surface area contributed by atoms with Crippen molar-refractivity contribution >= 4 is 67.3 Å². The summed E-state index contributed by atoms with van der Waals surface area (Å²) in [7, 11) is 0. The second-order valence-corrected chi connectivity index (χ2v) is 18.5. The van der Waals surface area contributed by atoms with E-state index in [0.717, 1.165) is 49.2 Å². The van der Waals surface area contributed by atoms with Gasteiger partial charge in [-0.25, -0.2) is 9.78 Å². The van der Waals surface area contributed by atoms with Crippen molar-refractivity contribution in [2.45, 2.75) is 155 Å². The van der Waals surface area contributed by atoms with Gasteiger partial charge in [0, 0.05) is 25.4 Å². The average Bonchev–Trinajstić information content (AvgIpc) is 4.02. The summed E-state index contributed by atoms with van der Waals surface area (Å²) >= 11 is 3.15. The second-order valence-electron chi connectivity index (χ2n) is 16.3. The summed E-state index contributed by atoms with van der Waals surface area (Å²) in [6.45, 7) is 4.58. The topological polar surface area (TPSA) is 89.8 Å². The first-order valence-corrected chi connectivity index (χ1v) is 24.0. The van der Waals surface area contributed by atoms with Gasteiger partial charge in [-0.2, -0.15) is 5.26 Å². The number of fused-ring (bicyclic) bond motifs is 6. The molecule has 0 unspecified atom stereocenters. The number of unbranched alkanes of at least 4 members (excludes halogenated alkanes) is 18. The predicted octanol–water partition coefficient (Wildman–Crippen LogP) is 16.2. The van der Waals surface area contributed by atoms with Gasteiger partial charge in [0.15, 0.2) is 0 Å². The Morgan fingerprint density at radius 1 is 0.621 bits per heavy atom. The maximum Gasteiger partial charge on any atom is 0.346 e. The number of nitrogens with zero attached hydrogens (tertiary/aromatic N) is 2. The highest BCUT2D eigenvalue weighted by Gasteiger charge is 2.17. The summed E-state index contributed by atoms with van der Waals surface area (Å²) in [6.07, 6.45) is 30.7. The van der Waals surface area contributed by atoms with Gasteiger partial charge < -0.3 is 10.1 Å². The van der Waals surface area contributed by atoms with Crippen molar-refractivity contribution in [3.05, 3.63) is 82.2 Å². The number of nitriles is 1. The molecule has 306 valence electrons. The van der Waals surface area contributed by atoms with Crippen molar-refractivity contribution in [2.75, 3.05) is 0 Å². The maximum atomic E-state index is 11.4. The third-order valence-corrected chi connectivity index (χ3v) is 14.0. The molecular formula is C51H63N3O2S2. The molecule has 6 rings (SSSR count). The second kappa shape index (κ2) is 22.8. The molecule has 0 aliphatic heterocycles. The molecule has 3 heterocycles. The van der Waals surface area contributed by atoms with E-state index in [2.05, 4.69) is 67.4 Å². The number of H-pyrrole nitrogens is 1. The Hall–Kier alpha value is -4.25. The molecule has 0 radical (unpaired) electrons. The molecular weight excluding hydrogens is 751 g/mol. The fourth-order valence-corrected chi connectivity index (χ4v) is 10.3. The van der Waals surface area contributed by atoms with Crippen molar-refractivity contribution < 1.29 is 9.90 Å². The molecule has 0 aliphatic carbocycles. The molecule has 58 heavy (non-hydrogen) atoms. The van der Waals surface area contributed by atoms with Crippen LogP contribution in [0.2, 0.25) is 0 Å². The minimum Gasteiger partial charge on any atom is -0.477 e. The number of hydrogen-bond donors (Lipinski definition) is 2. The van der Waals surface area contributed by atoms with Gasteiger partial charge in [-0.3, -0.25) is 0 Å². The van der Waals surface area contributed by atoms with Crippen molar-refractivity contribution in [3.8, 4) is 26.5 Å². The standard InChI is InChI=1S/C51H63N3O2S2/c1-3-5-7-9-11-13-15-17-19-21-23-37-25-28-41-43(33-37)44-34-38(24-22-20-18-16-14-12-10-8-6-4-2)26-29-42(44)49-48(41)53-50(54-49)47-32-31-46(58-47)45-30-27-40(57-45)35-39(36-52)51(55)56/h25-35H,3-24H2,1-2H3,(H,53,54)(H,55,56)/b39-35-. The Morgan fingerprint density at radius 3 is 1.66 bits per heavy atom. The first kappa shape index (κ1) is 43.3. The molecule has 2 N–H and O–H groups in total. The Balaban J connectivity index is 1.20. The van der Waals surface area contributed by atoms with Crippen LogP contribution in [0, 0.1) is 11.3 Å². The molecule has 3 aromatic carbocycles. The van der Waals surface area contributed by atoms with Crippen LogP contribution < -0.4 is 0 Å². The van der Waals surface area contributed by atoms with Crippen LogP contribution in [0.4, 0.5) is 0 Å². The Labute approximate surface area is 354 Å². The van der Waals surface area contributed by atoms with E-state index in [1.54, 1.807) is 17.4 Å². The Bertz CT molecular complexity index is 2200. The number of carboxylic acid groups (broad SMARTS) is 1. The number of carboxylic acids is 1. The van der Waals surface area contributed by atoms with Crippen molar-refractivity contribution in [1.82, 2.24) is 9.97 Å². The zero-order valence-corrected chi connectivity index (χ0v) is 36.6. The van der Waals surface area contributed by atoms with Crippen LogP contribution in [0.15, 0.2) is 66.2 Å². The maximum absolute atomic E-state index is 11.4. The minimum absolute atomic E-state index is 0.265. The van der Waals surface area contributed by atoms with Gasteiger partial charge in [0.2, 0.25) is 0 Å². The number of nitrogens with one attached hydrogen (secondary N) is 1. The van der Waals surface area contributed by atoms with E-state index in [1.165, 1.54) is 179 Å². The lowest BCUT2D eigenvalue weighted by Crippen LogP contribution is -1.96. The van der Waals surface area contributed by atoms with Crippen LogP contribution in [-0.4, -0.2) is 21.0 Å². The largest absolute Gasteiger partial charge is 0.477 e. The van der Waals surface area contributed by atoms with Crippen molar-refractivity contribution in [1.29, 1.82) is 5.26 Å². The number of carbonyl (C=O) groups is 1. The van der Waals surface area contributed by atoms with Crippen LogP contribution in [-0.2, 0) is 17.6 Å². The number of aromatic amines is 1. The molecule has 0 aliphatic rings. The van der Waals surface area contributed by atoms with E-state index < -0.39 is 5.97 Å². The zero-order valence-electron chi connectivity index (χ0n) is 35.0. The number of aromatic nitrogens is 2. The zero-order chi connectivity index (χ0) is 40.5. The molecule has 0 spiro atoms. The summed E-state index contributed by atoms with van der Waals surface area (Å²) in [5.74, 6) is -0.352. The normalized spacial score (nSPS) is 12.0. The lowest BCUT2D eigenvalue weighted by molar-refractivity contribution is -0.132. The van der Waals surface area contributed by atoms with Crippen LogP contribution >= 0.6 is 22.7 Å². The number of thiophene rings is 2. The molecule has 0 bridgehead atoms. The van der Waals surface area contributed by atoms with Crippen molar-refractivity contribution in [2.24, 2.45) is 0 Å². The average molecular weight is 814 g/mol. The molecule has 3 aromatic heterocycles. The Kier molecular flexibility index (Phi) is 17.0. The summed E-state index contributed by atoms with van der Waals surface area (Å²) in [5.41, 5.74) is 4.68.